The topological polar surface area (TPSA) is 21.3 Å². The van der Waals surface area contributed by atoms with Gasteiger partial charge in [0.1, 0.15) is 12.4 Å². The summed E-state index contributed by atoms with van der Waals surface area (Å²) in [5.74, 6) is 0.885. The minimum Gasteiger partial charge on any atom is -0.490 e. The molecular formula is C17H18BrNO. The lowest BCUT2D eigenvalue weighted by Crippen LogP contribution is -2.06. The van der Waals surface area contributed by atoms with Crippen LogP contribution in [0.4, 0.5) is 0 Å². The maximum Gasteiger partial charge on any atom is 0.120 e. The first kappa shape index (κ1) is 14.8. The molecule has 1 N–H and O–H groups in total. The first-order valence-corrected chi connectivity index (χ1v) is 7.36. The van der Waals surface area contributed by atoms with Crippen LogP contribution in [0.25, 0.3) is 6.08 Å². The van der Waals surface area contributed by atoms with Crippen LogP contribution in [0.15, 0.2) is 59.1 Å². The fourth-order valence-corrected chi connectivity index (χ4v) is 2.25. The van der Waals surface area contributed by atoms with E-state index in [1.165, 1.54) is 11.1 Å². The van der Waals surface area contributed by atoms with Crippen molar-refractivity contribution in [1.82, 2.24) is 5.32 Å². The van der Waals surface area contributed by atoms with Crippen LogP contribution in [0.2, 0.25) is 0 Å². The third-order valence-electron chi connectivity index (χ3n) is 2.84. The number of ether oxygens (including phenoxy) is 1. The van der Waals surface area contributed by atoms with E-state index in [1.807, 2.05) is 43.5 Å². The average molecular weight is 332 g/mol. The average Bonchev–Trinajstić information content (AvgIpc) is 2.48. The monoisotopic (exact) mass is 331 g/mol. The zero-order valence-electron chi connectivity index (χ0n) is 11.5. The van der Waals surface area contributed by atoms with Gasteiger partial charge in [-0.1, -0.05) is 52.3 Å². The lowest BCUT2D eigenvalue weighted by atomic mass is 10.2. The summed E-state index contributed by atoms with van der Waals surface area (Å²) in [6.07, 6.45) is 4.09. The molecule has 2 aromatic carbocycles. The van der Waals surface area contributed by atoms with E-state index in [0.29, 0.717) is 6.61 Å². The summed E-state index contributed by atoms with van der Waals surface area (Å²) in [7, 11) is 1.93. The number of benzene rings is 2. The van der Waals surface area contributed by atoms with Crippen LogP contribution in [-0.2, 0) is 6.54 Å². The number of halogens is 1. The lowest BCUT2D eigenvalue weighted by Gasteiger charge is -2.08. The lowest BCUT2D eigenvalue weighted by molar-refractivity contribution is 0.363. The highest BCUT2D eigenvalue weighted by molar-refractivity contribution is 9.10. The SMILES string of the molecule is CNCc1cc(OC/C=C/c2ccccc2)ccc1Br. The highest BCUT2D eigenvalue weighted by Crippen LogP contribution is 2.22. The molecule has 0 spiro atoms. The molecule has 20 heavy (non-hydrogen) atoms. The smallest absolute Gasteiger partial charge is 0.120 e. The summed E-state index contributed by atoms with van der Waals surface area (Å²) in [6, 6.07) is 16.2. The van der Waals surface area contributed by atoms with Crippen molar-refractivity contribution in [2.45, 2.75) is 6.54 Å². The van der Waals surface area contributed by atoms with E-state index < -0.39 is 0 Å². The van der Waals surface area contributed by atoms with Gasteiger partial charge in [0.15, 0.2) is 0 Å². The van der Waals surface area contributed by atoms with E-state index in [4.69, 9.17) is 4.74 Å². The third-order valence-corrected chi connectivity index (χ3v) is 3.61. The molecule has 0 aliphatic heterocycles. The van der Waals surface area contributed by atoms with Gasteiger partial charge in [0, 0.05) is 11.0 Å². The van der Waals surface area contributed by atoms with Crippen LogP contribution < -0.4 is 10.1 Å². The Hall–Kier alpha value is -1.58. The molecule has 2 nitrogen and oxygen atoms in total. The van der Waals surface area contributed by atoms with Crippen LogP contribution in [0.5, 0.6) is 5.75 Å². The highest BCUT2D eigenvalue weighted by Gasteiger charge is 2.01. The third kappa shape index (κ3) is 4.51. The van der Waals surface area contributed by atoms with E-state index >= 15 is 0 Å². The van der Waals surface area contributed by atoms with Crippen molar-refractivity contribution in [2.75, 3.05) is 13.7 Å². The Kier molecular flexibility index (Phi) is 5.84. The fourth-order valence-electron chi connectivity index (χ4n) is 1.86. The molecule has 0 saturated heterocycles. The summed E-state index contributed by atoms with van der Waals surface area (Å²) in [5.41, 5.74) is 2.37. The van der Waals surface area contributed by atoms with Gasteiger partial charge < -0.3 is 10.1 Å². The predicted octanol–water partition coefficient (Wildman–Crippen LogP) is 4.26. The van der Waals surface area contributed by atoms with Crippen LogP contribution in [-0.4, -0.2) is 13.7 Å². The standard InChI is InChI=1S/C17H18BrNO/c1-19-13-15-12-16(9-10-17(15)18)20-11-5-8-14-6-3-2-4-7-14/h2-10,12,19H,11,13H2,1H3/b8-5+. The largest absolute Gasteiger partial charge is 0.490 e. The van der Waals surface area contributed by atoms with E-state index in [0.717, 1.165) is 16.8 Å². The minimum atomic E-state index is 0.565. The van der Waals surface area contributed by atoms with Gasteiger partial charge in [-0.15, -0.1) is 0 Å². The van der Waals surface area contributed by atoms with Crippen molar-refractivity contribution in [3.05, 3.63) is 70.2 Å². The molecule has 0 aliphatic carbocycles. The van der Waals surface area contributed by atoms with Crippen molar-refractivity contribution in [2.24, 2.45) is 0 Å². The van der Waals surface area contributed by atoms with Crippen molar-refractivity contribution < 1.29 is 4.74 Å². The first-order valence-electron chi connectivity index (χ1n) is 6.57. The molecule has 104 valence electrons. The Labute approximate surface area is 128 Å². The molecule has 0 unspecified atom stereocenters. The van der Waals surface area contributed by atoms with Gasteiger partial charge in [-0.25, -0.2) is 0 Å². The maximum absolute atomic E-state index is 5.73. The van der Waals surface area contributed by atoms with E-state index in [9.17, 15) is 0 Å². The molecule has 2 aromatic rings. The maximum atomic E-state index is 5.73. The molecule has 0 bridgehead atoms. The Morgan fingerprint density at radius 1 is 1.15 bits per heavy atom. The molecule has 0 amide bonds. The van der Waals surface area contributed by atoms with E-state index in [1.54, 1.807) is 0 Å². The molecule has 0 aromatic heterocycles. The van der Waals surface area contributed by atoms with Crippen LogP contribution in [0, 0.1) is 0 Å². The zero-order valence-corrected chi connectivity index (χ0v) is 13.1. The van der Waals surface area contributed by atoms with Crippen molar-refractivity contribution in [3.8, 4) is 5.75 Å². The van der Waals surface area contributed by atoms with Gasteiger partial charge in [-0.05, 0) is 42.4 Å². The molecule has 0 aliphatic rings. The number of hydrogen-bond acceptors (Lipinski definition) is 2. The number of hydrogen-bond donors (Lipinski definition) is 1. The molecule has 0 atom stereocenters. The molecule has 2 rings (SSSR count). The fraction of sp³-hybridized carbons (Fsp3) is 0.176. The molecule has 3 heteroatoms. The highest BCUT2D eigenvalue weighted by atomic mass is 79.9. The molecule has 0 radical (unpaired) electrons. The quantitative estimate of drug-likeness (QED) is 0.853. The molecule has 0 fully saturated rings. The molecular weight excluding hydrogens is 314 g/mol. The summed E-state index contributed by atoms with van der Waals surface area (Å²) in [6.45, 7) is 1.38. The second kappa shape index (κ2) is 7.88. The second-order valence-electron chi connectivity index (χ2n) is 4.41. The van der Waals surface area contributed by atoms with Gasteiger partial charge >= 0.3 is 0 Å². The van der Waals surface area contributed by atoms with Crippen LogP contribution in [0.3, 0.4) is 0 Å². The van der Waals surface area contributed by atoms with E-state index in [-0.39, 0.29) is 0 Å². The Bertz CT molecular complexity index is 566. The number of nitrogens with one attached hydrogen (secondary N) is 1. The van der Waals surface area contributed by atoms with Crippen molar-refractivity contribution in [3.63, 3.8) is 0 Å². The Morgan fingerprint density at radius 3 is 2.70 bits per heavy atom. The summed E-state index contributed by atoms with van der Waals surface area (Å²) >= 11 is 3.53. The Balaban J connectivity index is 1.91. The van der Waals surface area contributed by atoms with Gasteiger partial charge in [0.2, 0.25) is 0 Å². The van der Waals surface area contributed by atoms with Gasteiger partial charge in [0.25, 0.3) is 0 Å². The van der Waals surface area contributed by atoms with Crippen LogP contribution in [0.1, 0.15) is 11.1 Å². The van der Waals surface area contributed by atoms with Gasteiger partial charge in [-0.2, -0.15) is 0 Å². The second-order valence-corrected chi connectivity index (χ2v) is 5.26. The van der Waals surface area contributed by atoms with Crippen molar-refractivity contribution in [1.29, 1.82) is 0 Å². The molecule has 0 heterocycles. The van der Waals surface area contributed by atoms with Crippen LogP contribution >= 0.6 is 15.9 Å². The van der Waals surface area contributed by atoms with E-state index in [2.05, 4.69) is 45.5 Å². The Morgan fingerprint density at radius 2 is 1.95 bits per heavy atom. The number of rotatable bonds is 6. The summed E-state index contributed by atoms with van der Waals surface area (Å²) < 4.78 is 6.83. The zero-order chi connectivity index (χ0) is 14.2. The summed E-state index contributed by atoms with van der Waals surface area (Å²) in [4.78, 5) is 0. The predicted molar refractivity (Wildman–Crippen MR) is 87.9 cm³/mol. The minimum absolute atomic E-state index is 0.565. The van der Waals surface area contributed by atoms with Gasteiger partial charge in [-0.3, -0.25) is 0 Å². The van der Waals surface area contributed by atoms with Crippen molar-refractivity contribution >= 4 is 22.0 Å². The first-order chi connectivity index (χ1) is 9.79. The summed E-state index contributed by atoms with van der Waals surface area (Å²) in [5, 5.41) is 3.14. The molecule has 0 saturated carbocycles. The van der Waals surface area contributed by atoms with Gasteiger partial charge in [0.05, 0.1) is 0 Å². The normalized spacial score (nSPS) is 10.9.